The number of likely N-dealkylation sites (tertiary alicyclic amines) is 1. The van der Waals surface area contributed by atoms with Crippen molar-refractivity contribution in [1.82, 2.24) is 24.6 Å². The third kappa shape index (κ3) is 3.87. The predicted molar refractivity (Wildman–Crippen MR) is 126 cm³/mol. The summed E-state index contributed by atoms with van der Waals surface area (Å²) in [5.41, 5.74) is 2.18. The van der Waals surface area contributed by atoms with E-state index in [4.69, 9.17) is 27.9 Å². The van der Waals surface area contributed by atoms with Crippen molar-refractivity contribution < 1.29 is 9.13 Å². The van der Waals surface area contributed by atoms with Crippen LogP contribution in [0, 0.1) is 0 Å². The number of ether oxygens (including phenoxy) is 1. The quantitative estimate of drug-likeness (QED) is 0.547. The van der Waals surface area contributed by atoms with E-state index in [-0.39, 0.29) is 11.5 Å². The SMILES string of the molecule is CC1(n2ncc(Nc3ncc4cc(Cl)c([C@H]5CCN(C6COC6)C[C@@H]5F)cc4n3)c2Cl)CC1. The molecule has 2 saturated heterocycles. The second-order valence-corrected chi connectivity index (χ2v) is 10.4. The van der Waals surface area contributed by atoms with Gasteiger partial charge in [0.2, 0.25) is 5.95 Å². The maximum atomic E-state index is 15.2. The Balaban J connectivity index is 1.25. The Bertz CT molecular complexity index is 1210. The van der Waals surface area contributed by atoms with E-state index >= 15 is 4.39 Å². The third-order valence-electron chi connectivity index (χ3n) is 7.25. The summed E-state index contributed by atoms with van der Waals surface area (Å²) in [6.07, 6.45) is 5.27. The molecule has 1 aromatic carbocycles. The Labute approximate surface area is 201 Å². The highest BCUT2D eigenvalue weighted by molar-refractivity contribution is 6.32. The average molecular weight is 491 g/mol. The maximum absolute atomic E-state index is 15.2. The predicted octanol–water partition coefficient (Wildman–Crippen LogP) is 4.91. The molecule has 1 aliphatic carbocycles. The molecule has 0 radical (unpaired) electrons. The number of piperidine rings is 1. The molecule has 10 heteroatoms. The van der Waals surface area contributed by atoms with E-state index in [2.05, 4.69) is 32.2 Å². The normalized spacial score (nSPS) is 25.2. The molecule has 174 valence electrons. The van der Waals surface area contributed by atoms with Gasteiger partial charge < -0.3 is 10.1 Å². The van der Waals surface area contributed by atoms with Crippen LogP contribution in [0.1, 0.15) is 37.7 Å². The molecule has 6 rings (SSSR count). The molecule has 7 nitrogen and oxygen atoms in total. The Morgan fingerprint density at radius 1 is 1.21 bits per heavy atom. The first kappa shape index (κ1) is 21.5. The van der Waals surface area contributed by atoms with Crippen molar-refractivity contribution >= 4 is 45.7 Å². The molecule has 0 amide bonds. The van der Waals surface area contributed by atoms with Crippen molar-refractivity contribution in [2.45, 2.75) is 49.9 Å². The van der Waals surface area contributed by atoms with Gasteiger partial charge in [0.15, 0.2) is 5.15 Å². The van der Waals surface area contributed by atoms with Gasteiger partial charge in [-0.05, 0) is 50.4 Å². The van der Waals surface area contributed by atoms with E-state index in [0.29, 0.717) is 59.5 Å². The summed E-state index contributed by atoms with van der Waals surface area (Å²) in [6.45, 7) is 4.78. The molecular formula is C23H25Cl2FN6O. The zero-order chi connectivity index (χ0) is 22.7. The molecule has 0 bridgehead atoms. The van der Waals surface area contributed by atoms with Crippen LogP contribution in [0.5, 0.6) is 0 Å². The van der Waals surface area contributed by atoms with E-state index in [1.807, 2.05) is 16.8 Å². The lowest BCUT2D eigenvalue weighted by molar-refractivity contribution is -0.0806. The molecular weight excluding hydrogens is 466 g/mol. The summed E-state index contributed by atoms with van der Waals surface area (Å²) >= 11 is 13.1. The number of nitrogens with zero attached hydrogens (tertiary/aromatic N) is 5. The van der Waals surface area contributed by atoms with Crippen LogP contribution < -0.4 is 5.32 Å². The number of alkyl halides is 1. The molecule has 3 aliphatic rings. The number of benzene rings is 1. The average Bonchev–Trinajstić information content (AvgIpc) is 3.39. The van der Waals surface area contributed by atoms with Crippen LogP contribution in [0.4, 0.5) is 16.0 Å². The molecule has 3 aromatic rings. The molecule has 0 spiro atoms. The topological polar surface area (TPSA) is 68.1 Å². The molecule has 1 N–H and O–H groups in total. The summed E-state index contributed by atoms with van der Waals surface area (Å²) in [5, 5.41) is 9.51. The summed E-state index contributed by atoms with van der Waals surface area (Å²) in [4.78, 5) is 11.3. The van der Waals surface area contributed by atoms with Crippen LogP contribution in [0.25, 0.3) is 10.9 Å². The van der Waals surface area contributed by atoms with E-state index in [0.717, 1.165) is 30.3 Å². The number of rotatable bonds is 5. The maximum Gasteiger partial charge on any atom is 0.227 e. The highest BCUT2D eigenvalue weighted by Gasteiger charge is 2.42. The summed E-state index contributed by atoms with van der Waals surface area (Å²) in [5.74, 6) is 0.159. The minimum absolute atomic E-state index is 0.00293. The number of hydrogen-bond acceptors (Lipinski definition) is 6. The Kier molecular flexibility index (Phi) is 5.25. The number of anilines is 2. The van der Waals surface area contributed by atoms with Gasteiger partial charge in [-0.2, -0.15) is 5.10 Å². The highest BCUT2D eigenvalue weighted by atomic mass is 35.5. The van der Waals surface area contributed by atoms with Gasteiger partial charge >= 0.3 is 0 Å². The first-order valence-corrected chi connectivity index (χ1v) is 12.1. The summed E-state index contributed by atoms with van der Waals surface area (Å²) in [7, 11) is 0. The van der Waals surface area contributed by atoms with E-state index in [1.165, 1.54) is 0 Å². The number of fused-ring (bicyclic) bond motifs is 1. The van der Waals surface area contributed by atoms with Gasteiger partial charge in [-0.15, -0.1) is 0 Å². The molecule has 2 atom stereocenters. The lowest BCUT2D eigenvalue weighted by Gasteiger charge is -2.43. The largest absolute Gasteiger partial charge is 0.378 e. The van der Waals surface area contributed by atoms with Crippen molar-refractivity contribution in [3.63, 3.8) is 0 Å². The van der Waals surface area contributed by atoms with Gasteiger partial charge in [0.25, 0.3) is 0 Å². The van der Waals surface area contributed by atoms with Crippen molar-refractivity contribution in [2.24, 2.45) is 0 Å². The smallest absolute Gasteiger partial charge is 0.227 e. The number of hydrogen-bond donors (Lipinski definition) is 1. The molecule has 3 fully saturated rings. The number of nitrogens with one attached hydrogen (secondary N) is 1. The van der Waals surface area contributed by atoms with E-state index in [9.17, 15) is 0 Å². The summed E-state index contributed by atoms with van der Waals surface area (Å²) in [6, 6.07) is 4.07. The first-order chi connectivity index (χ1) is 15.9. The van der Waals surface area contributed by atoms with Crippen LogP contribution >= 0.6 is 23.2 Å². The minimum Gasteiger partial charge on any atom is -0.378 e. The third-order valence-corrected chi connectivity index (χ3v) is 7.94. The zero-order valence-corrected chi connectivity index (χ0v) is 19.8. The zero-order valence-electron chi connectivity index (χ0n) is 18.3. The second kappa shape index (κ2) is 8.05. The van der Waals surface area contributed by atoms with Gasteiger partial charge in [-0.3, -0.25) is 4.90 Å². The van der Waals surface area contributed by atoms with Gasteiger partial charge in [0, 0.05) is 29.1 Å². The first-order valence-electron chi connectivity index (χ1n) is 11.3. The van der Waals surface area contributed by atoms with Gasteiger partial charge in [-0.1, -0.05) is 23.2 Å². The molecule has 33 heavy (non-hydrogen) atoms. The standard InChI is InChI=1S/C23H25Cl2FN6O/c1-23(3-4-23)32-21(25)20(9-28-32)30-22-27-8-13-6-17(24)16(7-19(13)29-22)15-2-5-31(10-18(15)26)14-11-33-12-14/h6-9,14-15,18H,2-5,10-12H2,1H3,(H,27,29,30)/t15-,18+/m1/s1. The van der Waals surface area contributed by atoms with Crippen molar-refractivity contribution in [3.8, 4) is 0 Å². The summed E-state index contributed by atoms with van der Waals surface area (Å²) < 4.78 is 22.3. The molecule has 2 aliphatic heterocycles. The molecule has 1 saturated carbocycles. The lowest BCUT2D eigenvalue weighted by Crippen LogP contribution is -2.54. The van der Waals surface area contributed by atoms with E-state index in [1.54, 1.807) is 12.4 Å². The lowest BCUT2D eigenvalue weighted by atomic mass is 9.86. The Hall–Kier alpha value is -2.00. The monoisotopic (exact) mass is 490 g/mol. The highest BCUT2D eigenvalue weighted by Crippen LogP contribution is 2.45. The molecule has 2 aromatic heterocycles. The fourth-order valence-electron chi connectivity index (χ4n) is 4.76. The minimum atomic E-state index is -0.984. The second-order valence-electron chi connectivity index (χ2n) is 9.61. The van der Waals surface area contributed by atoms with Crippen molar-refractivity contribution in [1.29, 1.82) is 0 Å². The van der Waals surface area contributed by atoms with Gasteiger partial charge in [0.1, 0.15) is 6.17 Å². The van der Waals surface area contributed by atoms with Crippen molar-refractivity contribution in [3.05, 3.63) is 40.3 Å². The fraction of sp³-hybridized carbons (Fsp3) is 0.522. The van der Waals surface area contributed by atoms with Crippen LogP contribution in [0.2, 0.25) is 10.2 Å². The fourth-order valence-corrected chi connectivity index (χ4v) is 5.42. The van der Waals surface area contributed by atoms with Crippen LogP contribution in [-0.4, -0.2) is 63.2 Å². The Morgan fingerprint density at radius 2 is 2.03 bits per heavy atom. The Morgan fingerprint density at radius 3 is 2.73 bits per heavy atom. The molecule has 0 unspecified atom stereocenters. The van der Waals surface area contributed by atoms with E-state index < -0.39 is 6.17 Å². The van der Waals surface area contributed by atoms with Crippen LogP contribution in [0.3, 0.4) is 0 Å². The number of halogens is 3. The molecule has 4 heterocycles. The van der Waals surface area contributed by atoms with Crippen LogP contribution in [-0.2, 0) is 10.3 Å². The van der Waals surface area contributed by atoms with Gasteiger partial charge in [0.05, 0.1) is 42.2 Å². The number of aromatic nitrogens is 4. The van der Waals surface area contributed by atoms with Crippen LogP contribution in [0.15, 0.2) is 24.5 Å². The van der Waals surface area contributed by atoms with Gasteiger partial charge in [-0.25, -0.2) is 19.0 Å². The van der Waals surface area contributed by atoms with Crippen molar-refractivity contribution in [2.75, 3.05) is 31.6 Å².